The fourth-order valence-electron chi connectivity index (χ4n) is 1.85. The number of β-amino-alcohol motifs (C(OH)–C–C–N with tert-alkyl or cyclic N) is 1. The van der Waals surface area contributed by atoms with Gasteiger partial charge in [0.25, 0.3) is 0 Å². The SMILES string of the molecule is CNc1cccc2c1OCCN2CCO. The predicted octanol–water partition coefficient (Wildman–Crippen LogP) is 0.919. The van der Waals surface area contributed by atoms with Crippen LogP contribution in [0.5, 0.6) is 5.75 Å². The Labute approximate surface area is 89.5 Å². The average molecular weight is 208 g/mol. The van der Waals surface area contributed by atoms with Crippen molar-refractivity contribution in [1.82, 2.24) is 0 Å². The number of benzene rings is 1. The van der Waals surface area contributed by atoms with Crippen molar-refractivity contribution in [1.29, 1.82) is 0 Å². The van der Waals surface area contributed by atoms with Crippen LogP contribution in [0.1, 0.15) is 0 Å². The largest absolute Gasteiger partial charge is 0.487 e. The predicted molar refractivity (Wildman–Crippen MR) is 60.8 cm³/mol. The van der Waals surface area contributed by atoms with Crippen LogP contribution in [0.3, 0.4) is 0 Å². The lowest BCUT2D eigenvalue weighted by molar-refractivity contribution is 0.279. The van der Waals surface area contributed by atoms with Crippen LogP contribution in [0.2, 0.25) is 0 Å². The summed E-state index contributed by atoms with van der Waals surface area (Å²) in [6.45, 7) is 2.33. The maximum absolute atomic E-state index is 8.97. The lowest BCUT2D eigenvalue weighted by atomic mass is 10.2. The third kappa shape index (κ3) is 1.85. The van der Waals surface area contributed by atoms with Crippen molar-refractivity contribution in [3.05, 3.63) is 18.2 Å². The van der Waals surface area contributed by atoms with E-state index in [1.54, 1.807) is 0 Å². The standard InChI is InChI=1S/C11H16N2O2/c1-12-9-3-2-4-10-11(9)15-8-6-13(10)5-7-14/h2-4,12,14H,5-8H2,1H3. The van der Waals surface area contributed by atoms with Gasteiger partial charge in [-0.1, -0.05) is 6.07 Å². The fraction of sp³-hybridized carbons (Fsp3) is 0.455. The van der Waals surface area contributed by atoms with Crippen LogP contribution in [-0.2, 0) is 0 Å². The molecule has 82 valence electrons. The molecule has 0 saturated carbocycles. The Morgan fingerprint density at radius 2 is 2.40 bits per heavy atom. The van der Waals surface area contributed by atoms with Crippen molar-refractivity contribution >= 4 is 11.4 Å². The van der Waals surface area contributed by atoms with Crippen LogP contribution in [0.4, 0.5) is 11.4 Å². The highest BCUT2D eigenvalue weighted by Gasteiger charge is 2.19. The average Bonchev–Trinajstić information content (AvgIpc) is 2.29. The minimum absolute atomic E-state index is 0.170. The minimum Gasteiger partial charge on any atom is -0.487 e. The summed E-state index contributed by atoms with van der Waals surface area (Å²) in [6.07, 6.45) is 0. The zero-order chi connectivity index (χ0) is 10.7. The van der Waals surface area contributed by atoms with Gasteiger partial charge in [-0.2, -0.15) is 0 Å². The van der Waals surface area contributed by atoms with Gasteiger partial charge in [0, 0.05) is 13.6 Å². The molecule has 1 aliphatic rings. The zero-order valence-corrected chi connectivity index (χ0v) is 8.86. The number of hydrogen-bond acceptors (Lipinski definition) is 4. The Hall–Kier alpha value is -1.42. The summed E-state index contributed by atoms with van der Waals surface area (Å²) in [7, 11) is 1.88. The molecule has 0 amide bonds. The Kier molecular flexibility index (Phi) is 2.97. The minimum atomic E-state index is 0.170. The van der Waals surface area contributed by atoms with Crippen LogP contribution < -0.4 is 15.0 Å². The Morgan fingerprint density at radius 1 is 1.53 bits per heavy atom. The van der Waals surface area contributed by atoms with Crippen LogP contribution >= 0.6 is 0 Å². The zero-order valence-electron chi connectivity index (χ0n) is 8.86. The molecule has 1 aliphatic heterocycles. The number of ether oxygens (including phenoxy) is 1. The summed E-state index contributed by atoms with van der Waals surface area (Å²) < 4.78 is 5.64. The van der Waals surface area contributed by atoms with E-state index in [1.165, 1.54) is 0 Å². The maximum atomic E-state index is 8.97. The van der Waals surface area contributed by atoms with E-state index in [-0.39, 0.29) is 6.61 Å². The van der Waals surface area contributed by atoms with Gasteiger partial charge >= 0.3 is 0 Å². The highest BCUT2D eigenvalue weighted by Crippen LogP contribution is 2.37. The number of rotatable bonds is 3. The summed E-state index contributed by atoms with van der Waals surface area (Å²) in [4.78, 5) is 2.14. The van der Waals surface area contributed by atoms with Crippen molar-refractivity contribution < 1.29 is 9.84 Å². The first-order chi connectivity index (χ1) is 7.36. The Balaban J connectivity index is 2.35. The molecule has 0 atom stereocenters. The van der Waals surface area contributed by atoms with Crippen molar-refractivity contribution in [2.45, 2.75) is 0 Å². The van der Waals surface area contributed by atoms with Crippen molar-refractivity contribution in [3.63, 3.8) is 0 Å². The molecule has 4 nitrogen and oxygen atoms in total. The molecular formula is C11H16N2O2. The first-order valence-corrected chi connectivity index (χ1v) is 5.16. The van der Waals surface area contributed by atoms with Crippen LogP contribution in [-0.4, -0.2) is 38.5 Å². The van der Waals surface area contributed by atoms with Gasteiger partial charge in [0.15, 0.2) is 5.75 Å². The molecule has 0 radical (unpaired) electrons. The van der Waals surface area contributed by atoms with E-state index in [0.29, 0.717) is 13.2 Å². The van der Waals surface area contributed by atoms with E-state index in [1.807, 2.05) is 25.2 Å². The van der Waals surface area contributed by atoms with E-state index in [9.17, 15) is 0 Å². The van der Waals surface area contributed by atoms with Gasteiger partial charge < -0.3 is 20.1 Å². The summed E-state index contributed by atoms with van der Waals surface area (Å²) in [6, 6.07) is 6.00. The monoisotopic (exact) mass is 208 g/mol. The second kappa shape index (κ2) is 4.40. The molecule has 0 aromatic heterocycles. The molecule has 1 aromatic rings. The number of para-hydroxylation sites is 1. The van der Waals surface area contributed by atoms with Crippen LogP contribution in [0.15, 0.2) is 18.2 Å². The topological polar surface area (TPSA) is 44.7 Å². The molecule has 2 N–H and O–H groups in total. The molecule has 0 saturated heterocycles. The van der Waals surface area contributed by atoms with E-state index in [0.717, 1.165) is 23.7 Å². The lowest BCUT2D eigenvalue weighted by Gasteiger charge is -2.31. The Bertz CT molecular complexity index is 341. The van der Waals surface area contributed by atoms with E-state index in [4.69, 9.17) is 9.84 Å². The number of anilines is 2. The first-order valence-electron chi connectivity index (χ1n) is 5.16. The number of hydrogen-bond donors (Lipinski definition) is 2. The molecule has 0 aliphatic carbocycles. The smallest absolute Gasteiger partial charge is 0.165 e. The third-order valence-electron chi connectivity index (χ3n) is 2.58. The van der Waals surface area contributed by atoms with Gasteiger partial charge in [-0.15, -0.1) is 0 Å². The van der Waals surface area contributed by atoms with Crippen LogP contribution in [0.25, 0.3) is 0 Å². The number of nitrogens with one attached hydrogen (secondary N) is 1. The van der Waals surface area contributed by atoms with Crippen molar-refractivity contribution in [3.8, 4) is 5.75 Å². The second-order valence-electron chi connectivity index (χ2n) is 3.46. The van der Waals surface area contributed by atoms with Gasteiger partial charge in [-0.3, -0.25) is 0 Å². The number of aliphatic hydroxyl groups excluding tert-OH is 1. The van der Waals surface area contributed by atoms with Gasteiger partial charge in [0.05, 0.1) is 24.5 Å². The van der Waals surface area contributed by atoms with E-state index >= 15 is 0 Å². The summed E-state index contributed by atoms with van der Waals surface area (Å²) >= 11 is 0. The van der Waals surface area contributed by atoms with Gasteiger partial charge in [0.1, 0.15) is 6.61 Å². The molecular weight excluding hydrogens is 192 g/mol. The Morgan fingerprint density at radius 3 is 3.13 bits per heavy atom. The fourth-order valence-corrected chi connectivity index (χ4v) is 1.85. The molecule has 1 heterocycles. The number of aliphatic hydroxyl groups is 1. The maximum Gasteiger partial charge on any atom is 0.165 e. The third-order valence-corrected chi connectivity index (χ3v) is 2.58. The van der Waals surface area contributed by atoms with E-state index < -0.39 is 0 Å². The van der Waals surface area contributed by atoms with Crippen LogP contribution in [0, 0.1) is 0 Å². The molecule has 4 heteroatoms. The molecule has 0 spiro atoms. The molecule has 1 aromatic carbocycles. The van der Waals surface area contributed by atoms with Crippen molar-refractivity contribution in [2.75, 3.05) is 43.6 Å². The lowest BCUT2D eigenvalue weighted by Crippen LogP contribution is -2.35. The summed E-state index contributed by atoms with van der Waals surface area (Å²) in [5.41, 5.74) is 2.05. The summed E-state index contributed by atoms with van der Waals surface area (Å²) in [5.74, 6) is 0.889. The second-order valence-corrected chi connectivity index (χ2v) is 3.46. The molecule has 2 rings (SSSR count). The molecule has 0 bridgehead atoms. The quantitative estimate of drug-likeness (QED) is 0.775. The van der Waals surface area contributed by atoms with Gasteiger partial charge in [-0.25, -0.2) is 0 Å². The molecule has 0 unspecified atom stereocenters. The highest BCUT2D eigenvalue weighted by atomic mass is 16.5. The molecule has 0 fully saturated rings. The van der Waals surface area contributed by atoms with Gasteiger partial charge in [-0.05, 0) is 12.1 Å². The van der Waals surface area contributed by atoms with Crippen molar-refractivity contribution in [2.24, 2.45) is 0 Å². The first kappa shape index (κ1) is 10.1. The normalized spacial score (nSPS) is 14.4. The molecule has 15 heavy (non-hydrogen) atoms. The number of fused-ring (bicyclic) bond motifs is 1. The number of nitrogens with zero attached hydrogens (tertiary/aromatic N) is 1. The van der Waals surface area contributed by atoms with E-state index in [2.05, 4.69) is 10.2 Å². The van der Waals surface area contributed by atoms with Gasteiger partial charge in [0.2, 0.25) is 0 Å². The summed E-state index contributed by atoms with van der Waals surface area (Å²) in [5, 5.41) is 12.1. The highest BCUT2D eigenvalue weighted by molar-refractivity contribution is 5.72.